The lowest BCUT2D eigenvalue weighted by Gasteiger charge is -2.44. The average Bonchev–Trinajstić information content (AvgIpc) is 2.99. The van der Waals surface area contributed by atoms with Gasteiger partial charge in [0.15, 0.2) is 11.5 Å². The Hall–Kier alpha value is -2.26. The van der Waals surface area contributed by atoms with Gasteiger partial charge in [-0.2, -0.15) is 0 Å². The van der Waals surface area contributed by atoms with Crippen LogP contribution in [0.5, 0.6) is 0 Å². The minimum atomic E-state index is -0.180. The van der Waals surface area contributed by atoms with E-state index in [9.17, 15) is 9.90 Å². The van der Waals surface area contributed by atoms with Crippen molar-refractivity contribution in [2.75, 3.05) is 39.6 Å². The monoisotopic (exact) mass is 362 g/mol. The number of nitrogen functional groups attached to an aromatic ring is 1. The number of carbonyl (C=O) groups excluding carboxylic acids is 1. The van der Waals surface area contributed by atoms with E-state index in [1.165, 1.54) is 6.33 Å². The molecule has 142 valence electrons. The van der Waals surface area contributed by atoms with Crippen molar-refractivity contribution in [2.24, 2.45) is 11.8 Å². The zero-order chi connectivity index (χ0) is 18.7. The molecule has 0 aromatic carbocycles. The molecule has 0 unspecified atom stereocenters. The number of anilines is 1. The normalized spacial score (nSPS) is 22.5. The summed E-state index contributed by atoms with van der Waals surface area (Å²) >= 11 is 0. The van der Waals surface area contributed by atoms with Crippen LogP contribution < -0.4 is 5.73 Å². The molecule has 0 spiro atoms. The van der Waals surface area contributed by atoms with Gasteiger partial charge in [-0.05, 0) is 33.5 Å². The maximum absolute atomic E-state index is 11.8. The fraction of sp³-hybridized carbons (Fsp3) is 0.647. The number of rotatable bonds is 8. The molecule has 26 heavy (non-hydrogen) atoms. The largest absolute Gasteiger partial charge is 0.465 e. The number of ether oxygens (including phenoxy) is 1. The number of hydrogen-bond acceptors (Lipinski definition) is 8. The lowest BCUT2D eigenvalue weighted by Crippen LogP contribution is -2.43. The van der Waals surface area contributed by atoms with Crippen LogP contribution in [0.2, 0.25) is 0 Å². The number of aromatic nitrogens is 4. The topological polar surface area (TPSA) is 119 Å². The predicted molar refractivity (Wildman–Crippen MR) is 96.2 cm³/mol. The highest BCUT2D eigenvalue weighted by Gasteiger charge is 2.43. The Morgan fingerprint density at radius 1 is 1.42 bits per heavy atom. The summed E-state index contributed by atoms with van der Waals surface area (Å²) < 4.78 is 7.33. The first-order valence-corrected chi connectivity index (χ1v) is 8.85. The van der Waals surface area contributed by atoms with Crippen LogP contribution in [0.15, 0.2) is 12.7 Å². The third-order valence-electron chi connectivity index (χ3n) is 5.04. The van der Waals surface area contributed by atoms with Crippen molar-refractivity contribution in [1.82, 2.24) is 24.4 Å². The van der Waals surface area contributed by atoms with Crippen molar-refractivity contribution in [3.05, 3.63) is 12.7 Å². The number of hydrogen-bond donors (Lipinski definition) is 2. The van der Waals surface area contributed by atoms with Gasteiger partial charge in [-0.25, -0.2) is 15.0 Å². The molecule has 3 rings (SSSR count). The van der Waals surface area contributed by atoms with Crippen molar-refractivity contribution in [2.45, 2.75) is 25.3 Å². The van der Waals surface area contributed by atoms with Gasteiger partial charge in [0.05, 0.1) is 12.9 Å². The van der Waals surface area contributed by atoms with Gasteiger partial charge >= 0.3 is 5.97 Å². The fourth-order valence-electron chi connectivity index (χ4n) is 3.48. The lowest BCUT2D eigenvalue weighted by atomic mass is 9.70. The average molecular weight is 362 g/mol. The van der Waals surface area contributed by atoms with Gasteiger partial charge in [-0.1, -0.05) is 0 Å². The highest BCUT2D eigenvalue weighted by molar-refractivity contribution is 5.81. The molecule has 3 atom stereocenters. The van der Waals surface area contributed by atoms with Gasteiger partial charge in [-0.15, -0.1) is 0 Å². The number of nitrogens with two attached hydrogens (primary N) is 1. The van der Waals surface area contributed by atoms with E-state index in [4.69, 9.17) is 10.5 Å². The van der Waals surface area contributed by atoms with Crippen molar-refractivity contribution in [3.8, 4) is 0 Å². The zero-order valence-corrected chi connectivity index (χ0v) is 15.2. The maximum Gasteiger partial charge on any atom is 0.305 e. The second-order valence-electron chi connectivity index (χ2n) is 7.08. The van der Waals surface area contributed by atoms with Gasteiger partial charge in [0.1, 0.15) is 11.8 Å². The number of esters is 1. The molecule has 0 radical (unpaired) electrons. The van der Waals surface area contributed by atoms with Crippen LogP contribution in [0.4, 0.5) is 5.82 Å². The molecular weight excluding hydrogens is 336 g/mol. The summed E-state index contributed by atoms with van der Waals surface area (Å²) in [6.45, 7) is 1.22. The first-order chi connectivity index (χ1) is 12.5. The van der Waals surface area contributed by atoms with Crippen LogP contribution in [-0.4, -0.2) is 69.3 Å². The van der Waals surface area contributed by atoms with E-state index in [2.05, 4.69) is 15.0 Å². The van der Waals surface area contributed by atoms with Crippen LogP contribution in [0.3, 0.4) is 0 Å². The molecule has 2 aromatic heterocycles. The van der Waals surface area contributed by atoms with Crippen LogP contribution in [0.25, 0.3) is 11.2 Å². The summed E-state index contributed by atoms with van der Waals surface area (Å²) in [5, 5.41) is 9.78. The molecule has 2 heterocycles. The Labute approximate surface area is 152 Å². The Bertz CT molecular complexity index is 762. The molecule has 9 nitrogen and oxygen atoms in total. The molecule has 1 saturated carbocycles. The quantitative estimate of drug-likeness (QED) is 0.650. The zero-order valence-electron chi connectivity index (χ0n) is 15.2. The Morgan fingerprint density at radius 3 is 2.96 bits per heavy atom. The molecule has 0 aliphatic heterocycles. The molecule has 1 fully saturated rings. The number of aliphatic hydroxyl groups is 1. The standard InChI is InChI=1S/C17H26N6O3/c1-22(2)5-3-4-14(25)26-8-11-6-13(12(11)7-24)23-10-21-15-16(18)19-9-20-17(15)23/h9-13,24H,3-8H2,1-2H3,(H2,18,19,20)/t11-,12-,13-/m1/s1. The number of fused-ring (bicyclic) bond motifs is 1. The van der Waals surface area contributed by atoms with Crippen LogP contribution in [-0.2, 0) is 9.53 Å². The molecule has 1 aliphatic rings. The fourth-order valence-corrected chi connectivity index (χ4v) is 3.48. The van der Waals surface area contributed by atoms with E-state index < -0.39 is 0 Å². The number of aliphatic hydroxyl groups excluding tert-OH is 1. The van der Waals surface area contributed by atoms with Crippen LogP contribution >= 0.6 is 0 Å². The summed E-state index contributed by atoms with van der Waals surface area (Å²) in [5.41, 5.74) is 7.06. The first-order valence-electron chi connectivity index (χ1n) is 8.85. The van der Waals surface area contributed by atoms with Gasteiger partial charge in [0.2, 0.25) is 0 Å². The minimum absolute atomic E-state index is 0.00170. The van der Waals surface area contributed by atoms with Crippen molar-refractivity contribution >= 4 is 23.0 Å². The van der Waals surface area contributed by atoms with Crippen LogP contribution in [0.1, 0.15) is 25.3 Å². The summed E-state index contributed by atoms with van der Waals surface area (Å²) in [6.07, 6.45) is 5.10. The number of imidazole rings is 1. The second kappa shape index (κ2) is 7.96. The highest BCUT2D eigenvalue weighted by Crippen LogP contribution is 2.45. The van der Waals surface area contributed by atoms with Gasteiger partial charge in [-0.3, -0.25) is 4.79 Å². The number of nitrogens with zero attached hydrogens (tertiary/aromatic N) is 5. The molecule has 0 saturated heterocycles. The molecule has 0 amide bonds. The van der Waals surface area contributed by atoms with Crippen molar-refractivity contribution in [1.29, 1.82) is 0 Å². The Morgan fingerprint density at radius 2 is 2.23 bits per heavy atom. The summed E-state index contributed by atoms with van der Waals surface area (Å²) in [7, 11) is 3.95. The summed E-state index contributed by atoms with van der Waals surface area (Å²) in [5.74, 6) is 0.301. The van der Waals surface area contributed by atoms with Crippen molar-refractivity contribution < 1.29 is 14.6 Å². The SMILES string of the molecule is CN(C)CCCC(=O)OC[C@H]1C[C@@H](n2cnc3c(N)ncnc32)[C@@H]1CO. The van der Waals surface area contributed by atoms with Crippen LogP contribution in [0, 0.1) is 11.8 Å². The maximum atomic E-state index is 11.8. The second-order valence-corrected chi connectivity index (χ2v) is 7.08. The van der Waals surface area contributed by atoms with Gasteiger partial charge in [0, 0.05) is 30.9 Å². The number of carbonyl (C=O) groups is 1. The van der Waals surface area contributed by atoms with Gasteiger partial charge < -0.3 is 25.0 Å². The van der Waals surface area contributed by atoms with E-state index in [0.29, 0.717) is 30.0 Å². The summed E-state index contributed by atoms with van der Waals surface area (Å²) in [4.78, 5) is 26.4. The van der Waals surface area contributed by atoms with Crippen molar-refractivity contribution in [3.63, 3.8) is 0 Å². The summed E-state index contributed by atoms with van der Waals surface area (Å²) in [6, 6.07) is 0.0664. The van der Waals surface area contributed by atoms with E-state index in [1.807, 2.05) is 23.6 Å². The van der Waals surface area contributed by atoms with E-state index in [0.717, 1.165) is 19.4 Å². The third kappa shape index (κ3) is 3.78. The molecular formula is C17H26N6O3. The van der Waals surface area contributed by atoms with E-state index in [-0.39, 0.29) is 30.5 Å². The smallest absolute Gasteiger partial charge is 0.305 e. The first kappa shape index (κ1) is 18.5. The molecule has 9 heteroatoms. The third-order valence-corrected chi connectivity index (χ3v) is 5.04. The highest BCUT2D eigenvalue weighted by atomic mass is 16.5. The minimum Gasteiger partial charge on any atom is -0.465 e. The lowest BCUT2D eigenvalue weighted by molar-refractivity contribution is -0.148. The Kier molecular flexibility index (Phi) is 5.67. The Balaban J connectivity index is 1.55. The van der Waals surface area contributed by atoms with E-state index in [1.54, 1.807) is 6.33 Å². The molecule has 1 aliphatic carbocycles. The van der Waals surface area contributed by atoms with Gasteiger partial charge in [0.25, 0.3) is 0 Å². The molecule has 3 N–H and O–H groups in total. The molecule has 2 aromatic rings. The van der Waals surface area contributed by atoms with E-state index >= 15 is 0 Å². The molecule has 0 bridgehead atoms. The predicted octanol–water partition coefficient (Wildman–Crippen LogP) is 0.463.